The monoisotopic (exact) mass is 251 g/mol. The van der Waals surface area contributed by atoms with Gasteiger partial charge in [0.1, 0.15) is 0 Å². The SMILES string of the molecule is C=C1CC(C(=O)OCC)CC1(C#N)C(=O)OCC. The number of ether oxygens (including phenoxy) is 2. The van der Waals surface area contributed by atoms with E-state index in [0.29, 0.717) is 12.0 Å². The highest BCUT2D eigenvalue weighted by atomic mass is 16.5. The van der Waals surface area contributed by atoms with Crippen LogP contribution in [0, 0.1) is 22.7 Å². The van der Waals surface area contributed by atoms with Crippen LogP contribution in [0.25, 0.3) is 0 Å². The van der Waals surface area contributed by atoms with E-state index >= 15 is 0 Å². The molecule has 98 valence electrons. The van der Waals surface area contributed by atoms with Crippen LogP contribution in [0.1, 0.15) is 26.7 Å². The zero-order chi connectivity index (χ0) is 13.8. The summed E-state index contributed by atoms with van der Waals surface area (Å²) in [5.74, 6) is -1.49. The molecule has 1 saturated carbocycles. The molecule has 0 spiro atoms. The molecule has 1 aliphatic rings. The van der Waals surface area contributed by atoms with Gasteiger partial charge in [-0.1, -0.05) is 6.58 Å². The first-order valence-corrected chi connectivity index (χ1v) is 5.95. The van der Waals surface area contributed by atoms with E-state index in [2.05, 4.69) is 6.58 Å². The number of hydrogen-bond donors (Lipinski definition) is 0. The van der Waals surface area contributed by atoms with Crippen molar-refractivity contribution in [3.8, 4) is 6.07 Å². The largest absolute Gasteiger partial charge is 0.466 e. The Morgan fingerprint density at radius 2 is 2.06 bits per heavy atom. The molecule has 0 saturated heterocycles. The molecular weight excluding hydrogens is 234 g/mol. The highest BCUT2D eigenvalue weighted by molar-refractivity contribution is 5.87. The maximum atomic E-state index is 11.9. The van der Waals surface area contributed by atoms with Crippen LogP contribution in [0.15, 0.2) is 12.2 Å². The molecule has 18 heavy (non-hydrogen) atoms. The molecule has 1 rings (SSSR count). The molecule has 0 amide bonds. The summed E-state index contributed by atoms with van der Waals surface area (Å²) in [5.41, 5.74) is -0.963. The summed E-state index contributed by atoms with van der Waals surface area (Å²) in [6.07, 6.45) is 0.394. The van der Waals surface area contributed by atoms with E-state index < -0.39 is 17.3 Å². The summed E-state index contributed by atoms with van der Waals surface area (Å²) in [4.78, 5) is 23.5. The van der Waals surface area contributed by atoms with Crippen molar-refractivity contribution in [1.82, 2.24) is 0 Å². The Kier molecular flexibility index (Phi) is 4.49. The Labute approximate surface area is 106 Å². The third-order valence-corrected chi connectivity index (χ3v) is 3.08. The second-order valence-corrected chi connectivity index (χ2v) is 4.20. The molecule has 2 atom stereocenters. The van der Waals surface area contributed by atoms with E-state index in [1.54, 1.807) is 13.8 Å². The molecule has 0 aromatic carbocycles. The molecular formula is C13H17NO4. The van der Waals surface area contributed by atoms with Gasteiger partial charge in [0.2, 0.25) is 0 Å². The summed E-state index contributed by atoms with van der Waals surface area (Å²) in [6.45, 7) is 7.60. The van der Waals surface area contributed by atoms with Crippen LogP contribution in [0.3, 0.4) is 0 Å². The number of rotatable bonds is 4. The Morgan fingerprint density at radius 1 is 1.44 bits per heavy atom. The fourth-order valence-corrected chi connectivity index (χ4v) is 2.14. The summed E-state index contributed by atoms with van der Waals surface area (Å²) < 4.78 is 9.81. The maximum absolute atomic E-state index is 11.9. The van der Waals surface area contributed by atoms with Gasteiger partial charge in [-0.05, 0) is 32.3 Å². The van der Waals surface area contributed by atoms with Crippen molar-refractivity contribution in [3.05, 3.63) is 12.2 Å². The lowest BCUT2D eigenvalue weighted by Gasteiger charge is -2.19. The third kappa shape index (κ3) is 2.37. The van der Waals surface area contributed by atoms with Gasteiger partial charge in [0.05, 0.1) is 25.2 Å². The minimum absolute atomic E-state index is 0.0972. The average Bonchev–Trinajstić information content (AvgIpc) is 2.68. The van der Waals surface area contributed by atoms with Crippen molar-refractivity contribution >= 4 is 11.9 Å². The van der Waals surface area contributed by atoms with Crippen molar-refractivity contribution in [2.75, 3.05) is 13.2 Å². The topological polar surface area (TPSA) is 76.4 Å². The molecule has 5 heteroatoms. The number of nitrogens with zero attached hydrogens (tertiary/aromatic N) is 1. The Bertz CT molecular complexity index is 410. The van der Waals surface area contributed by atoms with Crippen molar-refractivity contribution in [3.63, 3.8) is 0 Å². The highest BCUT2D eigenvalue weighted by Crippen LogP contribution is 2.46. The molecule has 0 aliphatic heterocycles. The maximum Gasteiger partial charge on any atom is 0.330 e. The first kappa shape index (κ1) is 14.2. The highest BCUT2D eigenvalue weighted by Gasteiger charge is 2.52. The van der Waals surface area contributed by atoms with Gasteiger partial charge in [0.15, 0.2) is 5.41 Å². The van der Waals surface area contributed by atoms with Crippen LogP contribution < -0.4 is 0 Å². The summed E-state index contributed by atoms with van der Waals surface area (Å²) in [6, 6.07) is 1.96. The number of carbonyl (C=O) groups is 2. The van der Waals surface area contributed by atoms with Crippen LogP contribution in [-0.4, -0.2) is 25.2 Å². The normalized spacial score (nSPS) is 26.5. The minimum atomic E-state index is -1.40. The fourth-order valence-electron chi connectivity index (χ4n) is 2.14. The third-order valence-electron chi connectivity index (χ3n) is 3.08. The number of nitriles is 1. The Balaban J connectivity index is 2.90. The van der Waals surface area contributed by atoms with Crippen molar-refractivity contribution in [2.24, 2.45) is 11.3 Å². The van der Waals surface area contributed by atoms with Gasteiger partial charge in [-0.15, -0.1) is 0 Å². The number of carbonyl (C=O) groups excluding carboxylic acids is 2. The molecule has 0 aromatic heterocycles. The average molecular weight is 251 g/mol. The number of hydrogen-bond acceptors (Lipinski definition) is 5. The number of esters is 2. The minimum Gasteiger partial charge on any atom is -0.466 e. The quantitative estimate of drug-likeness (QED) is 0.560. The molecule has 0 aromatic rings. The van der Waals surface area contributed by atoms with E-state index in [-0.39, 0.29) is 25.6 Å². The first-order chi connectivity index (χ1) is 8.51. The molecule has 1 aliphatic carbocycles. The predicted molar refractivity (Wildman–Crippen MR) is 63.2 cm³/mol. The summed E-state index contributed by atoms with van der Waals surface area (Å²) >= 11 is 0. The van der Waals surface area contributed by atoms with Gasteiger partial charge in [-0.3, -0.25) is 4.79 Å². The second kappa shape index (κ2) is 5.67. The van der Waals surface area contributed by atoms with Crippen LogP contribution in [0.4, 0.5) is 0 Å². The van der Waals surface area contributed by atoms with E-state index in [1.165, 1.54) is 0 Å². The summed E-state index contributed by atoms with van der Waals surface area (Å²) in [7, 11) is 0. The lowest BCUT2D eigenvalue weighted by molar-refractivity contribution is -0.151. The predicted octanol–water partition coefficient (Wildman–Crippen LogP) is 1.59. The Morgan fingerprint density at radius 3 is 2.56 bits per heavy atom. The summed E-state index contributed by atoms with van der Waals surface area (Å²) in [5, 5.41) is 9.25. The molecule has 2 unspecified atom stereocenters. The Hall–Kier alpha value is -1.83. The zero-order valence-electron chi connectivity index (χ0n) is 10.7. The smallest absolute Gasteiger partial charge is 0.330 e. The van der Waals surface area contributed by atoms with E-state index in [0.717, 1.165) is 0 Å². The van der Waals surface area contributed by atoms with E-state index in [9.17, 15) is 14.9 Å². The van der Waals surface area contributed by atoms with Gasteiger partial charge in [0.25, 0.3) is 0 Å². The first-order valence-electron chi connectivity index (χ1n) is 5.95. The molecule has 1 fully saturated rings. The van der Waals surface area contributed by atoms with Crippen LogP contribution in [-0.2, 0) is 19.1 Å². The van der Waals surface area contributed by atoms with Crippen LogP contribution in [0.5, 0.6) is 0 Å². The van der Waals surface area contributed by atoms with Gasteiger partial charge < -0.3 is 9.47 Å². The van der Waals surface area contributed by atoms with Gasteiger partial charge >= 0.3 is 11.9 Å². The van der Waals surface area contributed by atoms with E-state index in [4.69, 9.17) is 9.47 Å². The van der Waals surface area contributed by atoms with Gasteiger partial charge in [-0.2, -0.15) is 5.26 Å². The van der Waals surface area contributed by atoms with Gasteiger partial charge in [-0.25, -0.2) is 4.79 Å². The fraction of sp³-hybridized carbons (Fsp3) is 0.615. The second-order valence-electron chi connectivity index (χ2n) is 4.20. The molecule has 0 N–H and O–H groups in total. The molecule has 0 bridgehead atoms. The van der Waals surface area contributed by atoms with Gasteiger partial charge in [0, 0.05) is 0 Å². The van der Waals surface area contributed by atoms with Crippen LogP contribution in [0.2, 0.25) is 0 Å². The van der Waals surface area contributed by atoms with Crippen molar-refractivity contribution < 1.29 is 19.1 Å². The van der Waals surface area contributed by atoms with Crippen molar-refractivity contribution in [1.29, 1.82) is 5.26 Å². The van der Waals surface area contributed by atoms with Crippen molar-refractivity contribution in [2.45, 2.75) is 26.7 Å². The lowest BCUT2D eigenvalue weighted by Crippen LogP contribution is -2.31. The van der Waals surface area contributed by atoms with E-state index in [1.807, 2.05) is 6.07 Å². The van der Waals surface area contributed by atoms with Crippen LogP contribution >= 0.6 is 0 Å². The molecule has 0 radical (unpaired) electrons. The zero-order valence-corrected chi connectivity index (χ0v) is 10.7. The molecule has 0 heterocycles. The lowest BCUT2D eigenvalue weighted by atomic mass is 9.84. The standard InChI is InChI=1S/C13H17NO4/c1-4-17-11(15)10-6-9(3)13(7-10,8-14)12(16)18-5-2/h10H,3-7H2,1-2H3. The molecule has 5 nitrogen and oxygen atoms in total.